The van der Waals surface area contributed by atoms with E-state index in [1.165, 1.54) is 41.5 Å². The van der Waals surface area contributed by atoms with Gasteiger partial charge in [0.05, 0.1) is 11.0 Å². The molecule has 0 saturated heterocycles. The van der Waals surface area contributed by atoms with E-state index >= 15 is 0 Å². The Morgan fingerprint density at radius 1 is 0.822 bits per heavy atom. The first-order chi connectivity index (χ1) is 21.2. The molecule has 2 atom stereocenters. The number of imidazole rings is 1. The number of nitrogens with zero attached hydrogens (tertiary/aromatic N) is 2. The highest BCUT2D eigenvalue weighted by Gasteiger charge is 2.40. The van der Waals surface area contributed by atoms with E-state index in [-0.39, 0.29) is 5.69 Å². The highest BCUT2D eigenvalue weighted by atomic mass is 16.6. The lowest BCUT2D eigenvalue weighted by Crippen LogP contribution is -2.49. The normalized spacial score (nSPS) is 15.1. The number of aryl methyl sites for hydroxylation is 1. The summed E-state index contributed by atoms with van der Waals surface area (Å²) in [4.78, 5) is 68.3. The summed E-state index contributed by atoms with van der Waals surface area (Å²) >= 11 is 0. The minimum absolute atomic E-state index is 0.203. The number of anilines is 2. The molecule has 1 aromatic heterocycles. The van der Waals surface area contributed by atoms with Crippen LogP contribution in [0, 0.1) is 6.92 Å². The molecule has 0 bridgehead atoms. The molecule has 1 fully saturated rings. The maximum atomic E-state index is 13.5. The summed E-state index contributed by atoms with van der Waals surface area (Å²) in [5.74, 6) is -2.67. The number of amides is 2. The number of nitrogens with one attached hydrogen (secondary N) is 2. The number of aromatic nitrogens is 2. The van der Waals surface area contributed by atoms with Crippen LogP contribution in [0.4, 0.5) is 16.2 Å². The first-order valence-electron chi connectivity index (χ1n) is 15.0. The average molecular weight is 621 g/mol. The van der Waals surface area contributed by atoms with Crippen LogP contribution in [-0.4, -0.2) is 57.2 Å². The zero-order valence-corrected chi connectivity index (χ0v) is 26.5. The van der Waals surface area contributed by atoms with E-state index < -0.39 is 47.7 Å². The van der Waals surface area contributed by atoms with Crippen molar-refractivity contribution in [1.29, 1.82) is 0 Å². The van der Waals surface area contributed by atoms with Crippen molar-refractivity contribution < 1.29 is 38.2 Å². The summed E-state index contributed by atoms with van der Waals surface area (Å²) in [7, 11) is 0. The van der Waals surface area contributed by atoms with E-state index in [0.717, 1.165) is 26.7 Å². The molecule has 2 amide bonds. The summed E-state index contributed by atoms with van der Waals surface area (Å²) in [6.45, 7) is 9.01. The van der Waals surface area contributed by atoms with Gasteiger partial charge in [0, 0.05) is 25.2 Å². The molecule has 1 heterocycles. The first-order valence-corrected chi connectivity index (χ1v) is 15.0. The zero-order valence-electron chi connectivity index (χ0n) is 26.5. The predicted molar refractivity (Wildman–Crippen MR) is 167 cm³/mol. The van der Waals surface area contributed by atoms with Crippen molar-refractivity contribution >= 4 is 52.3 Å². The number of hydrogen-bond acceptors (Lipinski definition) is 9. The number of benzene rings is 2. The van der Waals surface area contributed by atoms with E-state index in [9.17, 15) is 24.0 Å². The molecule has 3 aromatic rings. The van der Waals surface area contributed by atoms with Gasteiger partial charge < -0.3 is 24.8 Å². The molecule has 2 N–H and O–H groups in total. The number of carbonyl (C=O) groups excluding carboxylic acids is 5. The smallest absolute Gasteiger partial charge is 0.420 e. The molecule has 1 saturated carbocycles. The van der Waals surface area contributed by atoms with Gasteiger partial charge in [-0.05, 0) is 82.3 Å². The molecular weight excluding hydrogens is 580 g/mol. The maximum absolute atomic E-state index is 13.5. The Bertz CT molecular complexity index is 1580. The zero-order chi connectivity index (χ0) is 32.9. The largest absolute Gasteiger partial charge is 0.448 e. The Morgan fingerprint density at radius 2 is 1.36 bits per heavy atom. The van der Waals surface area contributed by atoms with E-state index in [2.05, 4.69) is 15.6 Å². The van der Waals surface area contributed by atoms with Gasteiger partial charge in [0.2, 0.25) is 12.2 Å². The van der Waals surface area contributed by atoms with Gasteiger partial charge >= 0.3 is 18.0 Å². The highest BCUT2D eigenvalue weighted by Crippen LogP contribution is 2.33. The van der Waals surface area contributed by atoms with Crippen LogP contribution in [0.2, 0.25) is 0 Å². The Balaban J connectivity index is 1.57. The number of rotatable bonds is 8. The van der Waals surface area contributed by atoms with Crippen molar-refractivity contribution in [2.45, 2.75) is 97.4 Å². The molecule has 0 radical (unpaired) electrons. The van der Waals surface area contributed by atoms with Crippen LogP contribution in [0.15, 0.2) is 42.5 Å². The molecular formula is C33H40N4O8. The van der Waals surface area contributed by atoms with Crippen molar-refractivity contribution in [2.75, 3.05) is 10.6 Å². The second-order valence-corrected chi connectivity index (χ2v) is 12.2. The third-order valence-electron chi connectivity index (χ3n) is 7.30. The fourth-order valence-electron chi connectivity index (χ4n) is 5.38. The summed E-state index contributed by atoms with van der Waals surface area (Å²) in [5.41, 5.74) is 1.88. The lowest BCUT2D eigenvalue weighted by Gasteiger charge is -2.25. The number of esters is 2. The Hall–Kier alpha value is -4.74. The standard InChI is InChI=1S/C33H40N4O8/c1-19-34-26-17-16-25(18-27(26)37(19)32(42)45-33(4,5)6)36-31(41)29(44-21(3)39)28(43-20(2)38)30(40)35-24-14-12-23(13-15-24)22-10-8-7-9-11-22/h12-18,22,28-29H,7-11H2,1-6H3,(H,35,40)(H,36,41)/t28-,29-/m1/s1. The summed E-state index contributed by atoms with van der Waals surface area (Å²) in [6, 6.07) is 12.0. The van der Waals surface area contributed by atoms with Gasteiger partial charge in [-0.1, -0.05) is 31.4 Å². The predicted octanol–water partition coefficient (Wildman–Crippen LogP) is 5.62. The molecule has 2 aromatic carbocycles. The number of fused-ring (bicyclic) bond motifs is 1. The van der Waals surface area contributed by atoms with Crippen molar-refractivity contribution in [1.82, 2.24) is 9.55 Å². The first kappa shape index (κ1) is 33.2. The van der Waals surface area contributed by atoms with Gasteiger partial charge in [-0.25, -0.2) is 14.3 Å². The molecule has 45 heavy (non-hydrogen) atoms. The molecule has 12 nitrogen and oxygen atoms in total. The van der Waals surface area contributed by atoms with Crippen LogP contribution < -0.4 is 10.6 Å². The van der Waals surface area contributed by atoms with Crippen LogP contribution in [0.5, 0.6) is 0 Å². The molecule has 1 aliphatic carbocycles. The van der Waals surface area contributed by atoms with Crippen LogP contribution >= 0.6 is 0 Å². The third-order valence-corrected chi connectivity index (χ3v) is 7.30. The quantitative estimate of drug-likeness (QED) is 0.241. The molecule has 4 rings (SSSR count). The second-order valence-electron chi connectivity index (χ2n) is 12.2. The second kappa shape index (κ2) is 13.9. The molecule has 12 heteroatoms. The minimum atomic E-state index is -1.83. The SMILES string of the molecule is CC(=O)O[C@@H](C(=O)Nc1ccc(C2CCCCC2)cc1)[C@@H](OC(C)=O)C(=O)Nc1ccc2nc(C)n(C(=O)OC(C)(C)C)c2c1. The van der Waals surface area contributed by atoms with Gasteiger partial charge in [0.1, 0.15) is 11.4 Å². The molecule has 0 unspecified atom stereocenters. The van der Waals surface area contributed by atoms with Gasteiger partial charge in [-0.3, -0.25) is 19.2 Å². The monoisotopic (exact) mass is 620 g/mol. The van der Waals surface area contributed by atoms with Gasteiger partial charge in [-0.2, -0.15) is 0 Å². The molecule has 0 spiro atoms. The third kappa shape index (κ3) is 8.68. The Kier molecular flexibility index (Phi) is 10.3. The Labute approximate surface area is 261 Å². The summed E-state index contributed by atoms with van der Waals surface area (Å²) in [6.07, 6.45) is 1.57. The fourth-order valence-corrected chi connectivity index (χ4v) is 5.38. The van der Waals surface area contributed by atoms with Crippen LogP contribution in [-0.2, 0) is 33.4 Å². The molecule has 0 aliphatic heterocycles. The minimum Gasteiger partial charge on any atom is -0.448 e. The number of hydrogen-bond donors (Lipinski definition) is 2. The summed E-state index contributed by atoms with van der Waals surface area (Å²) < 4.78 is 17.2. The van der Waals surface area contributed by atoms with E-state index in [1.807, 2.05) is 12.1 Å². The topological polar surface area (TPSA) is 155 Å². The highest BCUT2D eigenvalue weighted by molar-refractivity contribution is 6.04. The van der Waals surface area contributed by atoms with Crippen LogP contribution in [0.1, 0.15) is 84.0 Å². The van der Waals surface area contributed by atoms with Gasteiger partial charge in [0.25, 0.3) is 11.8 Å². The molecule has 240 valence electrons. The molecule has 1 aliphatic rings. The van der Waals surface area contributed by atoms with E-state index in [1.54, 1.807) is 45.9 Å². The van der Waals surface area contributed by atoms with Crippen molar-refractivity contribution in [3.05, 3.63) is 53.9 Å². The Morgan fingerprint density at radius 3 is 1.89 bits per heavy atom. The average Bonchev–Trinajstić information content (AvgIpc) is 3.29. The van der Waals surface area contributed by atoms with Crippen LogP contribution in [0.25, 0.3) is 11.0 Å². The van der Waals surface area contributed by atoms with Crippen molar-refractivity contribution in [3.8, 4) is 0 Å². The van der Waals surface area contributed by atoms with E-state index in [4.69, 9.17) is 14.2 Å². The van der Waals surface area contributed by atoms with Crippen molar-refractivity contribution in [2.24, 2.45) is 0 Å². The van der Waals surface area contributed by atoms with E-state index in [0.29, 0.717) is 28.5 Å². The lowest BCUT2D eigenvalue weighted by molar-refractivity contribution is -0.171. The van der Waals surface area contributed by atoms with Gasteiger partial charge in [-0.15, -0.1) is 0 Å². The number of carbonyl (C=O) groups is 5. The van der Waals surface area contributed by atoms with Crippen molar-refractivity contribution in [3.63, 3.8) is 0 Å². The summed E-state index contributed by atoms with van der Waals surface area (Å²) in [5, 5.41) is 5.26. The maximum Gasteiger partial charge on any atom is 0.420 e. The fraction of sp³-hybridized carbons (Fsp3) is 0.455. The van der Waals surface area contributed by atoms with Gasteiger partial charge in [0.15, 0.2) is 0 Å². The number of ether oxygens (including phenoxy) is 3. The lowest BCUT2D eigenvalue weighted by atomic mass is 9.84. The van der Waals surface area contributed by atoms with Crippen LogP contribution in [0.3, 0.4) is 0 Å².